The van der Waals surface area contributed by atoms with Crippen molar-refractivity contribution in [1.82, 2.24) is 5.32 Å². The van der Waals surface area contributed by atoms with Crippen LogP contribution in [0.15, 0.2) is 30.3 Å². The number of aliphatic hydroxyl groups excluding tert-OH is 1. The van der Waals surface area contributed by atoms with Gasteiger partial charge in [0, 0.05) is 25.3 Å². The zero-order valence-corrected chi connectivity index (χ0v) is 11.5. The molecule has 1 heterocycles. The molecule has 1 fully saturated rings. The highest BCUT2D eigenvalue weighted by atomic mass is 16.5. The molecule has 19 heavy (non-hydrogen) atoms. The Morgan fingerprint density at radius 3 is 2.68 bits per heavy atom. The van der Waals surface area contributed by atoms with Crippen LogP contribution in [0.1, 0.15) is 19.8 Å². The van der Waals surface area contributed by atoms with Crippen molar-refractivity contribution in [2.75, 3.05) is 26.4 Å². The van der Waals surface area contributed by atoms with Crippen LogP contribution in [0.4, 0.5) is 0 Å². The van der Waals surface area contributed by atoms with Gasteiger partial charge in [-0.1, -0.05) is 18.2 Å². The molecule has 1 aliphatic heterocycles. The molecule has 4 heteroatoms. The molecular weight excluding hydrogens is 242 g/mol. The fraction of sp³-hybridized carbons (Fsp3) is 0.600. The molecule has 0 aromatic heterocycles. The average molecular weight is 265 g/mol. The van der Waals surface area contributed by atoms with E-state index in [0.717, 1.165) is 31.8 Å². The first-order valence-electron chi connectivity index (χ1n) is 6.87. The molecule has 2 N–H and O–H groups in total. The number of nitrogens with one attached hydrogen (secondary N) is 1. The third-order valence-corrected chi connectivity index (χ3v) is 3.55. The van der Waals surface area contributed by atoms with Crippen LogP contribution in [-0.2, 0) is 4.74 Å². The Bertz CT molecular complexity index is 363. The van der Waals surface area contributed by atoms with E-state index in [1.54, 1.807) is 0 Å². The predicted molar refractivity (Wildman–Crippen MR) is 74.4 cm³/mol. The summed E-state index contributed by atoms with van der Waals surface area (Å²) in [6.45, 7) is 4.62. The van der Waals surface area contributed by atoms with Crippen molar-refractivity contribution in [1.29, 1.82) is 0 Å². The molecule has 1 atom stereocenters. The van der Waals surface area contributed by atoms with Crippen LogP contribution < -0.4 is 10.1 Å². The molecule has 0 amide bonds. The van der Waals surface area contributed by atoms with E-state index in [4.69, 9.17) is 9.47 Å². The number of β-amino-alcohol motifs (C(OH)–C–C–N with tert-alkyl or cyclic N) is 1. The maximum Gasteiger partial charge on any atom is 0.119 e. The van der Waals surface area contributed by atoms with E-state index >= 15 is 0 Å². The largest absolute Gasteiger partial charge is 0.491 e. The maximum atomic E-state index is 9.94. The Morgan fingerprint density at radius 2 is 2.00 bits per heavy atom. The van der Waals surface area contributed by atoms with Gasteiger partial charge >= 0.3 is 0 Å². The van der Waals surface area contributed by atoms with Crippen molar-refractivity contribution >= 4 is 0 Å². The molecule has 0 radical (unpaired) electrons. The second-order valence-corrected chi connectivity index (χ2v) is 5.33. The smallest absolute Gasteiger partial charge is 0.119 e. The summed E-state index contributed by atoms with van der Waals surface area (Å²) in [7, 11) is 0. The molecule has 1 unspecified atom stereocenters. The highest BCUT2D eigenvalue weighted by Gasteiger charge is 2.27. The van der Waals surface area contributed by atoms with Crippen LogP contribution in [-0.4, -0.2) is 43.1 Å². The summed E-state index contributed by atoms with van der Waals surface area (Å²) in [5, 5.41) is 13.4. The molecule has 0 bridgehead atoms. The van der Waals surface area contributed by atoms with Crippen molar-refractivity contribution in [2.24, 2.45) is 0 Å². The minimum Gasteiger partial charge on any atom is -0.491 e. The number of rotatable bonds is 6. The highest BCUT2D eigenvalue weighted by molar-refractivity contribution is 5.20. The van der Waals surface area contributed by atoms with Crippen LogP contribution in [0, 0.1) is 0 Å². The highest BCUT2D eigenvalue weighted by Crippen LogP contribution is 2.19. The van der Waals surface area contributed by atoms with Gasteiger partial charge < -0.3 is 19.9 Å². The lowest BCUT2D eigenvalue weighted by Gasteiger charge is -2.35. The zero-order chi connectivity index (χ0) is 13.6. The number of benzene rings is 1. The summed E-state index contributed by atoms with van der Waals surface area (Å²) in [6, 6.07) is 9.56. The normalized spacial score (nSPS) is 19.9. The van der Waals surface area contributed by atoms with Crippen molar-refractivity contribution in [2.45, 2.75) is 31.4 Å². The van der Waals surface area contributed by atoms with E-state index in [0.29, 0.717) is 13.2 Å². The molecule has 0 saturated carbocycles. The number of hydrogen-bond donors (Lipinski definition) is 2. The first-order valence-corrected chi connectivity index (χ1v) is 6.87. The van der Waals surface area contributed by atoms with Gasteiger partial charge in [0.1, 0.15) is 18.5 Å². The fourth-order valence-corrected chi connectivity index (χ4v) is 2.13. The Morgan fingerprint density at radius 1 is 1.32 bits per heavy atom. The van der Waals surface area contributed by atoms with Crippen LogP contribution in [0.2, 0.25) is 0 Å². The molecular formula is C15H23NO3. The van der Waals surface area contributed by atoms with E-state index in [-0.39, 0.29) is 5.54 Å². The van der Waals surface area contributed by atoms with E-state index in [9.17, 15) is 5.11 Å². The van der Waals surface area contributed by atoms with Gasteiger partial charge in [0.15, 0.2) is 0 Å². The van der Waals surface area contributed by atoms with E-state index in [1.807, 2.05) is 30.3 Å². The third-order valence-electron chi connectivity index (χ3n) is 3.55. The molecule has 4 nitrogen and oxygen atoms in total. The molecule has 106 valence electrons. The van der Waals surface area contributed by atoms with Gasteiger partial charge in [0.2, 0.25) is 0 Å². The third kappa shape index (κ3) is 4.82. The lowest BCUT2D eigenvalue weighted by molar-refractivity contribution is 0.0342. The Hall–Kier alpha value is -1.10. The van der Waals surface area contributed by atoms with E-state index < -0.39 is 6.10 Å². The number of hydrogen-bond acceptors (Lipinski definition) is 4. The molecule has 2 rings (SSSR count). The monoisotopic (exact) mass is 265 g/mol. The van der Waals surface area contributed by atoms with Crippen molar-refractivity contribution in [3.05, 3.63) is 30.3 Å². The SMILES string of the molecule is CC1(NCC(O)COc2ccccc2)CCOCC1. The van der Waals surface area contributed by atoms with Crippen LogP contribution in [0.5, 0.6) is 5.75 Å². The summed E-state index contributed by atoms with van der Waals surface area (Å²) < 4.78 is 10.9. The minimum atomic E-state index is -0.500. The van der Waals surface area contributed by atoms with E-state index in [1.165, 1.54) is 0 Å². The van der Waals surface area contributed by atoms with E-state index in [2.05, 4.69) is 12.2 Å². The summed E-state index contributed by atoms with van der Waals surface area (Å²) in [5.74, 6) is 0.791. The molecule has 1 aromatic carbocycles. The van der Waals surface area contributed by atoms with Crippen molar-refractivity contribution < 1.29 is 14.6 Å². The lowest BCUT2D eigenvalue weighted by Crippen LogP contribution is -2.50. The quantitative estimate of drug-likeness (QED) is 0.820. The predicted octanol–water partition coefficient (Wildman–Crippen LogP) is 1.58. The summed E-state index contributed by atoms with van der Waals surface area (Å²) >= 11 is 0. The fourth-order valence-electron chi connectivity index (χ4n) is 2.13. The number of ether oxygens (including phenoxy) is 2. The van der Waals surface area contributed by atoms with Gasteiger partial charge in [0.05, 0.1) is 0 Å². The van der Waals surface area contributed by atoms with Crippen molar-refractivity contribution in [3.8, 4) is 5.75 Å². The second kappa shape index (κ2) is 6.89. The second-order valence-electron chi connectivity index (χ2n) is 5.33. The van der Waals surface area contributed by atoms with Crippen LogP contribution in [0.3, 0.4) is 0 Å². The Kier molecular flexibility index (Phi) is 5.19. The summed E-state index contributed by atoms with van der Waals surface area (Å²) in [6.07, 6.45) is 1.47. The topological polar surface area (TPSA) is 50.7 Å². The maximum absolute atomic E-state index is 9.94. The molecule has 1 saturated heterocycles. The molecule has 0 spiro atoms. The van der Waals surface area contributed by atoms with Crippen LogP contribution in [0.25, 0.3) is 0 Å². The molecule has 1 aliphatic rings. The summed E-state index contributed by atoms with van der Waals surface area (Å²) in [4.78, 5) is 0. The lowest BCUT2D eigenvalue weighted by atomic mass is 9.92. The van der Waals surface area contributed by atoms with Gasteiger partial charge in [-0.2, -0.15) is 0 Å². The first-order chi connectivity index (χ1) is 9.18. The Balaban J connectivity index is 1.68. The van der Waals surface area contributed by atoms with Crippen LogP contribution >= 0.6 is 0 Å². The standard InChI is InChI=1S/C15H23NO3/c1-15(7-9-18-10-8-15)16-11-13(17)12-19-14-5-3-2-4-6-14/h2-6,13,16-17H,7-12H2,1H3. The van der Waals surface area contributed by atoms with Gasteiger partial charge in [-0.05, 0) is 31.9 Å². The van der Waals surface area contributed by atoms with Crippen molar-refractivity contribution in [3.63, 3.8) is 0 Å². The number of aliphatic hydroxyl groups is 1. The minimum absolute atomic E-state index is 0.0754. The molecule has 1 aromatic rings. The van der Waals surface area contributed by atoms with Gasteiger partial charge in [-0.3, -0.25) is 0 Å². The van der Waals surface area contributed by atoms with Gasteiger partial charge in [-0.25, -0.2) is 0 Å². The molecule has 0 aliphatic carbocycles. The number of para-hydroxylation sites is 1. The average Bonchev–Trinajstić information content (AvgIpc) is 2.45. The zero-order valence-electron chi connectivity index (χ0n) is 11.5. The first kappa shape index (κ1) is 14.3. The van der Waals surface area contributed by atoms with Gasteiger partial charge in [0.25, 0.3) is 0 Å². The van der Waals surface area contributed by atoms with Gasteiger partial charge in [-0.15, -0.1) is 0 Å². The summed E-state index contributed by atoms with van der Waals surface area (Å²) in [5.41, 5.74) is 0.0754. The Labute approximate surface area is 114 Å².